The fourth-order valence-electron chi connectivity index (χ4n) is 2.57. The molecule has 1 aromatic carbocycles. The number of non-ortho nitro benzene ring substituents is 1. The van der Waals surface area contributed by atoms with Gasteiger partial charge in [0.25, 0.3) is 5.69 Å². The minimum absolute atomic E-state index is 0.0353. The zero-order valence-corrected chi connectivity index (χ0v) is 15.9. The number of anilines is 1. The van der Waals surface area contributed by atoms with Gasteiger partial charge in [-0.3, -0.25) is 20.1 Å². The third-order valence-corrected chi connectivity index (χ3v) is 4.24. The first-order chi connectivity index (χ1) is 13.5. The van der Waals surface area contributed by atoms with Gasteiger partial charge in [-0.2, -0.15) is 0 Å². The molecule has 0 aliphatic rings. The summed E-state index contributed by atoms with van der Waals surface area (Å²) < 4.78 is 0. The summed E-state index contributed by atoms with van der Waals surface area (Å²) in [6.45, 7) is 6.26. The summed E-state index contributed by atoms with van der Waals surface area (Å²) >= 11 is 0. The van der Waals surface area contributed by atoms with Gasteiger partial charge < -0.3 is 5.32 Å². The fraction of sp³-hybridized carbons (Fsp3) is 0.200. The molecule has 2 heterocycles. The van der Waals surface area contributed by atoms with E-state index in [2.05, 4.69) is 25.3 Å². The number of benzene rings is 1. The summed E-state index contributed by atoms with van der Waals surface area (Å²) in [5.41, 5.74) is 3.93. The van der Waals surface area contributed by atoms with Gasteiger partial charge in [0.05, 0.1) is 28.9 Å². The van der Waals surface area contributed by atoms with Crippen molar-refractivity contribution in [2.24, 2.45) is 4.99 Å². The molecule has 3 aromatic rings. The van der Waals surface area contributed by atoms with Crippen LogP contribution in [0.15, 0.2) is 53.4 Å². The van der Waals surface area contributed by atoms with Crippen LogP contribution in [0.2, 0.25) is 0 Å². The number of hydrogen-bond acceptors (Lipinski definition) is 7. The van der Waals surface area contributed by atoms with Crippen molar-refractivity contribution in [2.45, 2.75) is 20.8 Å². The number of aromatic nitrogens is 3. The molecule has 0 aliphatic heterocycles. The maximum absolute atomic E-state index is 11.1. The van der Waals surface area contributed by atoms with Crippen LogP contribution in [0.25, 0.3) is 22.2 Å². The second-order valence-corrected chi connectivity index (χ2v) is 6.20. The first kappa shape index (κ1) is 19.1. The highest BCUT2D eigenvalue weighted by Crippen LogP contribution is 2.28. The van der Waals surface area contributed by atoms with Gasteiger partial charge in [0, 0.05) is 41.2 Å². The highest BCUT2D eigenvalue weighted by molar-refractivity contribution is 5.83. The molecule has 28 heavy (non-hydrogen) atoms. The maximum Gasteiger partial charge on any atom is 0.270 e. The second-order valence-electron chi connectivity index (χ2n) is 6.20. The number of nitro groups is 1. The molecule has 0 unspecified atom stereocenters. The predicted molar refractivity (Wildman–Crippen MR) is 111 cm³/mol. The van der Waals surface area contributed by atoms with Gasteiger partial charge in [-0.15, -0.1) is 0 Å². The van der Waals surface area contributed by atoms with Gasteiger partial charge >= 0.3 is 0 Å². The van der Waals surface area contributed by atoms with Gasteiger partial charge in [0.1, 0.15) is 0 Å². The van der Waals surface area contributed by atoms with Crippen LogP contribution in [0, 0.1) is 17.0 Å². The molecule has 8 heteroatoms. The van der Waals surface area contributed by atoms with Crippen molar-refractivity contribution in [3.63, 3.8) is 0 Å². The SMILES string of the molecule is C/C=C(/C)N=CCNc1ncc2cc(-c3cc([N+](=O)[O-])ccc3C)ncc2n1. The lowest BCUT2D eigenvalue weighted by Crippen LogP contribution is -2.06. The molecule has 0 atom stereocenters. The van der Waals surface area contributed by atoms with Crippen LogP contribution >= 0.6 is 0 Å². The van der Waals surface area contributed by atoms with E-state index in [1.54, 1.807) is 24.7 Å². The number of nitrogens with zero attached hydrogens (tertiary/aromatic N) is 5. The lowest BCUT2D eigenvalue weighted by molar-refractivity contribution is -0.384. The molecule has 142 valence electrons. The molecule has 1 N–H and O–H groups in total. The van der Waals surface area contributed by atoms with Crippen LogP contribution in [0.4, 0.5) is 11.6 Å². The highest BCUT2D eigenvalue weighted by atomic mass is 16.6. The molecular weight excluding hydrogens is 356 g/mol. The normalized spacial score (nSPS) is 11.9. The molecule has 8 nitrogen and oxygen atoms in total. The van der Waals surface area contributed by atoms with Gasteiger partial charge in [0.2, 0.25) is 5.95 Å². The van der Waals surface area contributed by atoms with Crippen molar-refractivity contribution in [3.8, 4) is 11.3 Å². The summed E-state index contributed by atoms with van der Waals surface area (Å²) in [4.78, 5) is 28.1. The molecule has 0 saturated heterocycles. The third kappa shape index (κ3) is 4.35. The number of nitrogens with one attached hydrogen (secondary N) is 1. The zero-order valence-electron chi connectivity index (χ0n) is 15.9. The topological polar surface area (TPSA) is 106 Å². The number of aryl methyl sites for hydroxylation is 1. The molecule has 0 aliphatic carbocycles. The van der Waals surface area contributed by atoms with Crippen LogP contribution in [0.1, 0.15) is 19.4 Å². The Morgan fingerprint density at radius 3 is 2.86 bits per heavy atom. The Hall–Kier alpha value is -3.68. The molecule has 2 aromatic heterocycles. The Morgan fingerprint density at radius 2 is 2.11 bits per heavy atom. The quantitative estimate of drug-likeness (QED) is 0.390. The van der Waals surface area contributed by atoms with E-state index in [0.717, 1.165) is 16.6 Å². The Morgan fingerprint density at radius 1 is 1.29 bits per heavy atom. The van der Waals surface area contributed by atoms with Crippen molar-refractivity contribution >= 4 is 28.8 Å². The van der Waals surface area contributed by atoms with E-state index >= 15 is 0 Å². The van der Waals surface area contributed by atoms with E-state index < -0.39 is 4.92 Å². The van der Waals surface area contributed by atoms with Gasteiger partial charge in [0.15, 0.2) is 0 Å². The molecule has 0 saturated carbocycles. The monoisotopic (exact) mass is 376 g/mol. The summed E-state index contributed by atoms with van der Waals surface area (Å²) in [5.74, 6) is 0.484. The first-order valence-electron chi connectivity index (χ1n) is 8.75. The van der Waals surface area contributed by atoms with E-state index in [-0.39, 0.29) is 5.69 Å². The Kier molecular flexibility index (Phi) is 5.69. The van der Waals surface area contributed by atoms with E-state index in [4.69, 9.17) is 0 Å². The number of aliphatic imine (C=N–C) groups is 1. The number of fused-ring (bicyclic) bond motifs is 1. The van der Waals surface area contributed by atoms with Crippen LogP contribution in [0.5, 0.6) is 0 Å². The largest absolute Gasteiger partial charge is 0.349 e. The van der Waals surface area contributed by atoms with E-state index in [1.807, 2.05) is 32.9 Å². The van der Waals surface area contributed by atoms with Crippen LogP contribution in [-0.4, -0.2) is 32.6 Å². The maximum atomic E-state index is 11.1. The fourth-order valence-corrected chi connectivity index (χ4v) is 2.57. The van der Waals surface area contributed by atoms with E-state index in [1.165, 1.54) is 12.1 Å². The first-order valence-corrected chi connectivity index (χ1v) is 8.75. The molecule has 0 spiro atoms. The van der Waals surface area contributed by atoms with Crippen molar-refractivity contribution in [1.29, 1.82) is 0 Å². The number of rotatable bonds is 6. The van der Waals surface area contributed by atoms with Gasteiger partial charge in [-0.05, 0) is 32.4 Å². The summed E-state index contributed by atoms with van der Waals surface area (Å²) in [6.07, 6.45) is 7.04. The third-order valence-electron chi connectivity index (χ3n) is 4.24. The van der Waals surface area contributed by atoms with Crippen LogP contribution in [-0.2, 0) is 0 Å². The lowest BCUT2D eigenvalue weighted by Gasteiger charge is -2.07. The Labute approximate surface area is 162 Å². The molecular formula is C20H20N6O2. The Bertz CT molecular complexity index is 1090. The number of pyridine rings is 1. The minimum atomic E-state index is -0.411. The predicted octanol–water partition coefficient (Wildman–Crippen LogP) is 4.31. The molecule has 0 bridgehead atoms. The summed E-state index contributed by atoms with van der Waals surface area (Å²) in [6, 6.07) is 6.58. The minimum Gasteiger partial charge on any atom is -0.349 e. The smallest absolute Gasteiger partial charge is 0.270 e. The lowest BCUT2D eigenvalue weighted by atomic mass is 10.0. The van der Waals surface area contributed by atoms with E-state index in [0.29, 0.717) is 29.3 Å². The van der Waals surface area contributed by atoms with Gasteiger partial charge in [-0.1, -0.05) is 12.1 Å². The number of nitro benzene ring substituents is 1. The highest BCUT2D eigenvalue weighted by Gasteiger charge is 2.12. The molecule has 3 rings (SSSR count). The number of allylic oxidation sites excluding steroid dienone is 2. The zero-order chi connectivity index (χ0) is 20.1. The van der Waals surface area contributed by atoms with Crippen LogP contribution < -0.4 is 5.32 Å². The van der Waals surface area contributed by atoms with Crippen molar-refractivity contribution in [1.82, 2.24) is 15.0 Å². The molecule has 0 amide bonds. The second kappa shape index (κ2) is 8.34. The molecule has 0 radical (unpaired) electrons. The van der Waals surface area contributed by atoms with Crippen molar-refractivity contribution < 1.29 is 4.92 Å². The molecule has 0 fully saturated rings. The summed E-state index contributed by atoms with van der Waals surface area (Å²) in [5, 5.41) is 14.9. The van der Waals surface area contributed by atoms with Crippen molar-refractivity contribution in [3.05, 3.63) is 64.1 Å². The average molecular weight is 376 g/mol. The van der Waals surface area contributed by atoms with Crippen molar-refractivity contribution in [2.75, 3.05) is 11.9 Å². The van der Waals surface area contributed by atoms with Crippen LogP contribution in [0.3, 0.4) is 0 Å². The Balaban J connectivity index is 1.85. The summed E-state index contributed by atoms with van der Waals surface area (Å²) in [7, 11) is 0. The van der Waals surface area contributed by atoms with E-state index in [9.17, 15) is 10.1 Å². The van der Waals surface area contributed by atoms with Gasteiger partial charge in [-0.25, -0.2) is 9.97 Å². The standard InChI is InChI=1S/C20H20N6O2/c1-4-14(3)21-7-8-22-20-24-11-15-9-18(23-12-19(15)25-20)17-10-16(26(27)28)6-5-13(17)2/h4-7,9-12H,8H2,1-3H3,(H,22,24,25)/b14-4-,21-7?. The average Bonchev–Trinajstić information content (AvgIpc) is 2.70. The number of hydrogen-bond donors (Lipinski definition) is 1.